The monoisotopic (exact) mass is 202 g/mol. The maximum absolute atomic E-state index is 4.16. The molecule has 1 radical (unpaired) electrons. The molecule has 71 valence electrons. The summed E-state index contributed by atoms with van der Waals surface area (Å²) in [4.78, 5) is 4.16. The van der Waals surface area contributed by atoms with Gasteiger partial charge in [0.05, 0.1) is 5.69 Å². The van der Waals surface area contributed by atoms with Crippen molar-refractivity contribution in [3.8, 4) is 11.3 Å². The lowest BCUT2D eigenvalue weighted by Gasteiger charge is -2.00. The summed E-state index contributed by atoms with van der Waals surface area (Å²) in [6, 6.07) is 8.62. The molecule has 0 unspecified atom stereocenters. The van der Waals surface area contributed by atoms with Crippen LogP contribution in [0.3, 0.4) is 0 Å². The smallest absolute Gasteiger partial charge is 0.152 e. The zero-order valence-corrected chi connectivity index (χ0v) is 8.97. The quantitative estimate of drug-likeness (QED) is 0.741. The van der Waals surface area contributed by atoms with Gasteiger partial charge in [-0.1, -0.05) is 37.6 Å². The van der Waals surface area contributed by atoms with Gasteiger partial charge in [0.2, 0.25) is 0 Å². The Bertz CT molecular complexity index is 375. The summed E-state index contributed by atoms with van der Waals surface area (Å²) < 4.78 is 0. The molecule has 0 atom stereocenters. The first kappa shape index (κ1) is 9.41. The van der Waals surface area contributed by atoms with E-state index in [0.717, 1.165) is 12.1 Å². The van der Waals surface area contributed by atoms with Crippen LogP contribution < -0.4 is 0 Å². The van der Waals surface area contributed by atoms with Crippen molar-refractivity contribution in [2.75, 3.05) is 0 Å². The van der Waals surface area contributed by atoms with Crippen LogP contribution in [0.5, 0.6) is 0 Å². The average Bonchev–Trinajstić information content (AvgIpc) is 2.72. The molecule has 1 aromatic carbocycles. The average molecular weight is 202 g/mol. The standard InChI is InChI=1S/C12H12NS/c1-2-3-10-4-6-11(7-5-10)12-8-14-9-13-12/h4-8H,2-3H2,1H3. The third kappa shape index (κ3) is 2.02. The Morgan fingerprint density at radius 2 is 2.07 bits per heavy atom. The van der Waals surface area contributed by atoms with Crippen LogP contribution in [-0.4, -0.2) is 4.98 Å². The van der Waals surface area contributed by atoms with Crippen molar-refractivity contribution in [1.82, 2.24) is 4.98 Å². The third-order valence-electron chi connectivity index (χ3n) is 2.18. The van der Waals surface area contributed by atoms with Gasteiger partial charge in [-0.3, -0.25) is 0 Å². The molecule has 0 aliphatic heterocycles. The molecule has 2 aromatic rings. The fourth-order valence-electron chi connectivity index (χ4n) is 1.45. The van der Waals surface area contributed by atoms with Crippen molar-refractivity contribution >= 4 is 11.3 Å². The molecule has 14 heavy (non-hydrogen) atoms. The van der Waals surface area contributed by atoms with Crippen LogP contribution in [-0.2, 0) is 6.42 Å². The zero-order valence-electron chi connectivity index (χ0n) is 8.16. The Hall–Kier alpha value is -1.15. The van der Waals surface area contributed by atoms with Crippen molar-refractivity contribution in [3.63, 3.8) is 0 Å². The van der Waals surface area contributed by atoms with Crippen molar-refractivity contribution in [2.45, 2.75) is 19.8 Å². The predicted octanol–water partition coefficient (Wildman–Crippen LogP) is 3.56. The van der Waals surface area contributed by atoms with E-state index in [1.807, 2.05) is 5.38 Å². The topological polar surface area (TPSA) is 12.9 Å². The van der Waals surface area contributed by atoms with Gasteiger partial charge in [0.15, 0.2) is 5.51 Å². The minimum Gasteiger partial charge on any atom is -0.233 e. The Balaban J connectivity index is 2.22. The molecule has 2 rings (SSSR count). The second-order valence-electron chi connectivity index (χ2n) is 3.27. The number of thiazole rings is 1. The van der Waals surface area contributed by atoms with Crippen molar-refractivity contribution in [1.29, 1.82) is 0 Å². The fraction of sp³-hybridized carbons (Fsp3) is 0.250. The highest BCUT2D eigenvalue weighted by Crippen LogP contribution is 2.19. The normalized spacial score (nSPS) is 10.4. The molecule has 0 spiro atoms. The summed E-state index contributed by atoms with van der Waals surface area (Å²) in [5, 5.41) is 2.02. The van der Waals surface area contributed by atoms with Gasteiger partial charge in [-0.25, -0.2) is 4.98 Å². The van der Waals surface area contributed by atoms with Crippen LogP contribution in [0, 0.1) is 5.51 Å². The molecule has 2 heteroatoms. The van der Waals surface area contributed by atoms with Gasteiger partial charge in [0.1, 0.15) is 0 Å². The number of aromatic nitrogens is 1. The highest BCUT2D eigenvalue weighted by atomic mass is 32.1. The van der Waals surface area contributed by atoms with Crippen LogP contribution in [0.25, 0.3) is 11.3 Å². The Labute approximate surface area is 88.4 Å². The first-order valence-corrected chi connectivity index (χ1v) is 5.69. The summed E-state index contributed by atoms with van der Waals surface area (Å²) in [5.41, 5.74) is 6.47. The second-order valence-corrected chi connectivity index (χ2v) is 3.92. The molecule has 0 bridgehead atoms. The van der Waals surface area contributed by atoms with E-state index in [0.29, 0.717) is 0 Å². The third-order valence-corrected chi connectivity index (χ3v) is 2.72. The van der Waals surface area contributed by atoms with Crippen molar-refractivity contribution < 1.29 is 0 Å². The first-order chi connectivity index (χ1) is 6.90. The predicted molar refractivity (Wildman–Crippen MR) is 60.4 cm³/mol. The molecule has 1 heterocycles. The van der Waals surface area contributed by atoms with E-state index < -0.39 is 0 Å². The molecule has 0 fully saturated rings. The van der Waals surface area contributed by atoms with Gasteiger partial charge in [-0.15, -0.1) is 11.3 Å². The maximum Gasteiger partial charge on any atom is 0.152 e. The fourth-order valence-corrected chi connectivity index (χ4v) is 1.95. The van der Waals surface area contributed by atoms with Gasteiger partial charge in [-0.2, -0.15) is 0 Å². The number of nitrogens with zero attached hydrogens (tertiary/aromatic N) is 1. The summed E-state index contributed by atoms with van der Waals surface area (Å²) in [5.74, 6) is 0. The van der Waals surface area contributed by atoms with E-state index in [1.54, 1.807) is 0 Å². The SMILES string of the molecule is CCCc1ccc(-c2cs[c]n2)cc1. The van der Waals surface area contributed by atoms with Gasteiger partial charge >= 0.3 is 0 Å². The van der Waals surface area contributed by atoms with E-state index in [1.165, 1.54) is 28.9 Å². The van der Waals surface area contributed by atoms with Gasteiger partial charge in [0.25, 0.3) is 0 Å². The number of hydrogen-bond acceptors (Lipinski definition) is 2. The first-order valence-electron chi connectivity index (χ1n) is 4.81. The molecule has 0 amide bonds. The number of benzene rings is 1. The van der Waals surface area contributed by atoms with Gasteiger partial charge in [-0.05, 0) is 12.0 Å². The zero-order chi connectivity index (χ0) is 9.80. The lowest BCUT2D eigenvalue weighted by atomic mass is 10.1. The van der Waals surface area contributed by atoms with Crippen LogP contribution >= 0.6 is 11.3 Å². The second kappa shape index (κ2) is 4.38. The highest BCUT2D eigenvalue weighted by molar-refractivity contribution is 7.07. The van der Waals surface area contributed by atoms with Crippen LogP contribution in [0.15, 0.2) is 29.6 Å². The van der Waals surface area contributed by atoms with Crippen LogP contribution in [0.4, 0.5) is 0 Å². The van der Waals surface area contributed by atoms with Crippen molar-refractivity contribution in [2.24, 2.45) is 0 Å². The molecule has 0 aliphatic rings. The summed E-state index contributed by atoms with van der Waals surface area (Å²) in [7, 11) is 0. The number of rotatable bonds is 3. The maximum atomic E-state index is 4.16. The number of hydrogen-bond donors (Lipinski definition) is 0. The largest absolute Gasteiger partial charge is 0.233 e. The van der Waals surface area contributed by atoms with E-state index in [2.05, 4.69) is 41.7 Å². The van der Waals surface area contributed by atoms with E-state index in [4.69, 9.17) is 0 Å². The molecular weight excluding hydrogens is 190 g/mol. The van der Waals surface area contributed by atoms with Crippen molar-refractivity contribution in [3.05, 3.63) is 40.7 Å². The molecule has 1 aromatic heterocycles. The van der Waals surface area contributed by atoms with Gasteiger partial charge < -0.3 is 0 Å². The Morgan fingerprint density at radius 3 is 2.64 bits per heavy atom. The van der Waals surface area contributed by atoms with E-state index in [-0.39, 0.29) is 0 Å². The van der Waals surface area contributed by atoms with Crippen LogP contribution in [0.1, 0.15) is 18.9 Å². The van der Waals surface area contributed by atoms with E-state index in [9.17, 15) is 0 Å². The summed E-state index contributed by atoms with van der Waals surface area (Å²) in [6.07, 6.45) is 2.35. The molecule has 1 nitrogen and oxygen atoms in total. The molecular formula is C12H12NS. The lowest BCUT2D eigenvalue weighted by molar-refractivity contribution is 0.922. The summed E-state index contributed by atoms with van der Waals surface area (Å²) >= 11 is 1.51. The molecule has 0 aliphatic carbocycles. The minimum absolute atomic E-state index is 1.03. The Kier molecular flexibility index (Phi) is 2.94. The van der Waals surface area contributed by atoms with E-state index >= 15 is 0 Å². The molecule has 0 saturated heterocycles. The Morgan fingerprint density at radius 1 is 1.29 bits per heavy atom. The molecule has 0 N–H and O–H groups in total. The lowest BCUT2D eigenvalue weighted by Crippen LogP contribution is -1.83. The van der Waals surface area contributed by atoms with Crippen LogP contribution in [0.2, 0.25) is 0 Å². The van der Waals surface area contributed by atoms with Gasteiger partial charge in [0, 0.05) is 10.9 Å². The molecule has 0 saturated carbocycles. The summed E-state index contributed by atoms with van der Waals surface area (Å²) in [6.45, 7) is 2.20. The number of aryl methyl sites for hydroxylation is 1. The highest BCUT2D eigenvalue weighted by Gasteiger charge is 1.99. The minimum atomic E-state index is 1.03.